The Morgan fingerprint density at radius 1 is 1.09 bits per heavy atom. The molecule has 0 amide bonds. The molecule has 0 unspecified atom stereocenters. The molecule has 0 saturated heterocycles. The molecule has 0 aliphatic heterocycles. The first-order valence-electron chi connectivity index (χ1n) is 6.54. The second kappa shape index (κ2) is 6.32. The Hall–Kier alpha value is -2.50. The zero-order chi connectivity index (χ0) is 16.4. The fourth-order valence-corrected chi connectivity index (χ4v) is 2.52. The number of halogens is 2. The Labute approximate surface area is 141 Å². The van der Waals surface area contributed by atoms with Gasteiger partial charge >= 0.3 is 5.97 Å². The van der Waals surface area contributed by atoms with Crippen molar-refractivity contribution in [2.45, 2.75) is 0 Å². The van der Waals surface area contributed by atoms with Gasteiger partial charge in [-0.3, -0.25) is 0 Å². The number of carbonyl (C=O) groups is 1. The molecule has 2 aromatic carbocycles. The van der Waals surface area contributed by atoms with E-state index in [9.17, 15) is 4.79 Å². The van der Waals surface area contributed by atoms with Gasteiger partial charge in [0.05, 0.1) is 11.8 Å². The second-order valence-electron chi connectivity index (χ2n) is 4.70. The number of oxazole rings is 1. The maximum atomic E-state index is 10.8. The minimum absolute atomic E-state index is 0.209. The Kier molecular flexibility index (Phi) is 4.23. The summed E-state index contributed by atoms with van der Waals surface area (Å²) in [5.41, 5.74) is 1.58. The van der Waals surface area contributed by atoms with Gasteiger partial charge in [0.2, 0.25) is 0 Å². The number of carboxylic acid groups (broad SMARTS) is 1. The van der Waals surface area contributed by atoms with Crippen molar-refractivity contribution in [1.82, 2.24) is 4.98 Å². The van der Waals surface area contributed by atoms with Crippen LogP contribution in [-0.2, 0) is 0 Å². The predicted octanol–water partition coefficient (Wildman–Crippen LogP) is 5.09. The van der Waals surface area contributed by atoms with E-state index in [-0.39, 0.29) is 11.6 Å². The maximum Gasteiger partial charge on any atom is 0.335 e. The highest BCUT2D eigenvalue weighted by molar-refractivity contribution is 6.35. The van der Waals surface area contributed by atoms with E-state index in [4.69, 9.17) is 32.7 Å². The fourth-order valence-electron chi connectivity index (χ4n) is 1.99. The van der Waals surface area contributed by atoms with Crippen LogP contribution in [0.15, 0.2) is 53.1 Å². The van der Waals surface area contributed by atoms with Crippen molar-refractivity contribution in [2.24, 2.45) is 0 Å². The maximum absolute atomic E-state index is 10.8. The van der Waals surface area contributed by atoms with E-state index in [1.165, 1.54) is 12.1 Å². The molecule has 23 heavy (non-hydrogen) atoms. The summed E-state index contributed by atoms with van der Waals surface area (Å²) in [6, 6.07) is 11.6. The van der Waals surface area contributed by atoms with Gasteiger partial charge in [0.1, 0.15) is 0 Å². The second-order valence-corrected chi connectivity index (χ2v) is 5.57. The van der Waals surface area contributed by atoms with E-state index in [2.05, 4.69) is 10.3 Å². The number of carboxylic acids is 1. The molecule has 0 aliphatic rings. The highest BCUT2D eigenvalue weighted by Gasteiger charge is 2.09. The summed E-state index contributed by atoms with van der Waals surface area (Å²) in [7, 11) is 0. The predicted molar refractivity (Wildman–Crippen MR) is 88.6 cm³/mol. The van der Waals surface area contributed by atoms with Gasteiger partial charge < -0.3 is 14.8 Å². The first kappa shape index (κ1) is 15.4. The summed E-state index contributed by atoms with van der Waals surface area (Å²) < 4.78 is 5.60. The van der Waals surface area contributed by atoms with Crippen LogP contribution in [-0.4, -0.2) is 16.1 Å². The number of hydrogen-bond acceptors (Lipinski definition) is 4. The van der Waals surface area contributed by atoms with Crippen molar-refractivity contribution >= 4 is 40.9 Å². The summed E-state index contributed by atoms with van der Waals surface area (Å²) in [5, 5.41) is 12.8. The smallest absolute Gasteiger partial charge is 0.335 e. The van der Waals surface area contributed by atoms with Crippen molar-refractivity contribution in [2.75, 3.05) is 5.32 Å². The van der Waals surface area contributed by atoms with Crippen LogP contribution < -0.4 is 5.32 Å². The van der Waals surface area contributed by atoms with Crippen LogP contribution in [0.3, 0.4) is 0 Å². The lowest BCUT2D eigenvalue weighted by atomic mass is 10.1. The summed E-state index contributed by atoms with van der Waals surface area (Å²) in [5.74, 6) is -0.466. The van der Waals surface area contributed by atoms with Crippen molar-refractivity contribution in [3.05, 3.63) is 64.3 Å². The average Bonchev–Trinajstić information content (AvgIpc) is 2.94. The van der Waals surface area contributed by atoms with Crippen LogP contribution in [0.25, 0.3) is 11.3 Å². The van der Waals surface area contributed by atoms with Gasteiger partial charge in [-0.2, -0.15) is 0 Å². The number of aromatic carboxylic acids is 1. The molecular formula is C16H10Cl2N2O3. The van der Waals surface area contributed by atoms with E-state index in [0.717, 1.165) is 5.56 Å². The molecule has 2 N–H and O–H groups in total. The zero-order valence-electron chi connectivity index (χ0n) is 11.6. The monoisotopic (exact) mass is 348 g/mol. The molecule has 116 valence electrons. The third-order valence-electron chi connectivity index (χ3n) is 3.04. The van der Waals surface area contributed by atoms with Crippen LogP contribution in [0, 0.1) is 0 Å². The minimum atomic E-state index is -0.977. The normalized spacial score (nSPS) is 10.5. The van der Waals surface area contributed by atoms with Crippen LogP contribution in [0.2, 0.25) is 10.0 Å². The third-order valence-corrected chi connectivity index (χ3v) is 3.47. The molecule has 0 fully saturated rings. The van der Waals surface area contributed by atoms with Crippen LogP contribution in [0.5, 0.6) is 0 Å². The van der Waals surface area contributed by atoms with Gasteiger partial charge in [-0.15, -0.1) is 0 Å². The molecule has 3 aromatic rings. The summed E-state index contributed by atoms with van der Waals surface area (Å²) >= 11 is 11.9. The fraction of sp³-hybridized carbons (Fsp3) is 0. The number of aromatic nitrogens is 1. The number of anilines is 2. The van der Waals surface area contributed by atoms with Gasteiger partial charge in [0, 0.05) is 21.3 Å². The molecular weight excluding hydrogens is 339 g/mol. The average molecular weight is 349 g/mol. The molecule has 0 aliphatic carbocycles. The van der Waals surface area contributed by atoms with Gasteiger partial charge in [-0.05, 0) is 30.3 Å². The number of hydrogen-bond donors (Lipinski definition) is 2. The van der Waals surface area contributed by atoms with E-state index in [1.807, 2.05) is 0 Å². The first-order chi connectivity index (χ1) is 11.0. The summed E-state index contributed by atoms with van der Waals surface area (Å²) in [4.78, 5) is 15.0. The van der Waals surface area contributed by atoms with Gasteiger partial charge in [-0.25, -0.2) is 9.78 Å². The number of benzene rings is 2. The standard InChI is InChI=1S/C16H10Cl2N2O3/c17-11-5-12(18)7-13(6-11)20-16-19-8-14(23-16)9-1-3-10(4-2-9)15(21)22/h1-8H,(H,19,20)(H,21,22). The molecule has 0 saturated carbocycles. The van der Waals surface area contributed by atoms with Gasteiger partial charge in [0.25, 0.3) is 6.01 Å². The highest BCUT2D eigenvalue weighted by Crippen LogP contribution is 2.27. The largest absolute Gasteiger partial charge is 0.478 e. The number of nitrogens with zero attached hydrogens (tertiary/aromatic N) is 1. The lowest BCUT2D eigenvalue weighted by Gasteiger charge is -2.03. The molecule has 5 nitrogen and oxygen atoms in total. The SMILES string of the molecule is O=C(O)c1ccc(-c2cnc(Nc3cc(Cl)cc(Cl)c3)o2)cc1. The van der Waals surface area contributed by atoms with Crippen molar-refractivity contribution in [1.29, 1.82) is 0 Å². The summed E-state index contributed by atoms with van der Waals surface area (Å²) in [6.07, 6.45) is 1.55. The first-order valence-corrected chi connectivity index (χ1v) is 7.29. The lowest BCUT2D eigenvalue weighted by Crippen LogP contribution is -1.94. The van der Waals surface area contributed by atoms with Crippen LogP contribution in [0.4, 0.5) is 11.7 Å². The molecule has 0 spiro atoms. The number of rotatable bonds is 4. The Balaban J connectivity index is 1.81. The Morgan fingerprint density at radius 2 is 1.74 bits per heavy atom. The topological polar surface area (TPSA) is 75.4 Å². The molecule has 1 heterocycles. The summed E-state index contributed by atoms with van der Waals surface area (Å²) in [6.45, 7) is 0. The quantitative estimate of drug-likeness (QED) is 0.686. The Morgan fingerprint density at radius 3 is 2.35 bits per heavy atom. The van der Waals surface area contributed by atoms with E-state index in [1.54, 1.807) is 36.5 Å². The molecule has 1 aromatic heterocycles. The zero-order valence-corrected chi connectivity index (χ0v) is 13.1. The van der Waals surface area contributed by atoms with E-state index in [0.29, 0.717) is 21.5 Å². The van der Waals surface area contributed by atoms with E-state index < -0.39 is 5.97 Å². The van der Waals surface area contributed by atoms with Crippen molar-refractivity contribution in [3.63, 3.8) is 0 Å². The molecule has 3 rings (SSSR count). The van der Waals surface area contributed by atoms with E-state index >= 15 is 0 Å². The van der Waals surface area contributed by atoms with Crippen LogP contribution in [0.1, 0.15) is 10.4 Å². The third kappa shape index (κ3) is 3.64. The van der Waals surface area contributed by atoms with Crippen molar-refractivity contribution in [3.8, 4) is 11.3 Å². The minimum Gasteiger partial charge on any atom is -0.478 e. The molecule has 7 heteroatoms. The van der Waals surface area contributed by atoms with Gasteiger partial charge in [-0.1, -0.05) is 35.3 Å². The molecule has 0 radical (unpaired) electrons. The number of nitrogens with one attached hydrogen (secondary N) is 1. The van der Waals surface area contributed by atoms with Crippen molar-refractivity contribution < 1.29 is 14.3 Å². The molecule has 0 atom stereocenters. The van der Waals surface area contributed by atoms with Gasteiger partial charge in [0.15, 0.2) is 5.76 Å². The lowest BCUT2D eigenvalue weighted by molar-refractivity contribution is 0.0697. The van der Waals surface area contributed by atoms with Crippen LogP contribution >= 0.6 is 23.2 Å². The Bertz CT molecular complexity index is 840. The molecule has 0 bridgehead atoms. The highest BCUT2D eigenvalue weighted by atomic mass is 35.5.